The first-order valence-corrected chi connectivity index (χ1v) is 7.53. The van der Waals surface area contributed by atoms with Crippen LogP contribution in [-0.4, -0.2) is 12.2 Å². The first-order chi connectivity index (χ1) is 10.8. The second kappa shape index (κ2) is 6.94. The first kappa shape index (κ1) is 17.2. The van der Waals surface area contributed by atoms with Crippen LogP contribution in [0.2, 0.25) is 0 Å². The van der Waals surface area contributed by atoms with Gasteiger partial charge in [-0.1, -0.05) is 30.0 Å². The Balaban J connectivity index is 2.31. The van der Waals surface area contributed by atoms with Crippen molar-refractivity contribution < 1.29 is 13.2 Å². The van der Waals surface area contributed by atoms with Gasteiger partial charge >= 0.3 is 6.18 Å². The molecule has 0 amide bonds. The van der Waals surface area contributed by atoms with Crippen LogP contribution in [0.4, 0.5) is 18.9 Å². The molecule has 1 aliphatic carbocycles. The SMILES string of the molecule is N#CC(N)C1=CC=CC(=CSc2ccc(N)cc2)C1C(F)(F)F. The molecule has 0 heterocycles. The molecule has 2 rings (SSSR count). The molecule has 2 atom stereocenters. The second-order valence-electron chi connectivity index (χ2n) is 4.91. The fourth-order valence-electron chi connectivity index (χ4n) is 2.18. The minimum Gasteiger partial charge on any atom is -0.399 e. The fourth-order valence-corrected chi connectivity index (χ4v) is 2.96. The number of allylic oxidation sites excluding steroid dienone is 4. The van der Waals surface area contributed by atoms with Gasteiger partial charge in [-0.05, 0) is 40.8 Å². The summed E-state index contributed by atoms with van der Waals surface area (Å²) >= 11 is 1.16. The molecule has 0 fully saturated rings. The summed E-state index contributed by atoms with van der Waals surface area (Å²) in [6, 6.07) is 7.17. The van der Waals surface area contributed by atoms with Crippen LogP contribution in [0.15, 0.2) is 63.9 Å². The molecule has 1 aromatic carbocycles. The molecule has 0 saturated carbocycles. The highest BCUT2D eigenvalue weighted by Gasteiger charge is 2.45. The molecule has 0 radical (unpaired) electrons. The number of nitrogen functional groups attached to an aromatic ring is 1. The topological polar surface area (TPSA) is 75.8 Å². The van der Waals surface area contributed by atoms with Gasteiger partial charge in [0.2, 0.25) is 0 Å². The van der Waals surface area contributed by atoms with E-state index in [2.05, 4.69) is 0 Å². The molecule has 0 bridgehead atoms. The lowest BCUT2D eigenvalue weighted by Gasteiger charge is -2.27. The molecule has 0 saturated heterocycles. The van der Waals surface area contributed by atoms with E-state index in [1.54, 1.807) is 30.3 Å². The molecule has 7 heteroatoms. The minimum atomic E-state index is -4.52. The van der Waals surface area contributed by atoms with Crippen molar-refractivity contribution in [2.45, 2.75) is 17.1 Å². The number of thioether (sulfide) groups is 1. The maximum Gasteiger partial charge on any atom is 0.399 e. The van der Waals surface area contributed by atoms with Crippen molar-refractivity contribution in [3.8, 4) is 6.07 Å². The zero-order chi connectivity index (χ0) is 17.0. The van der Waals surface area contributed by atoms with E-state index < -0.39 is 18.1 Å². The smallest absolute Gasteiger partial charge is 0.399 e. The zero-order valence-corrected chi connectivity index (χ0v) is 12.7. The number of nitrogens with zero attached hydrogens (tertiary/aromatic N) is 1. The standard InChI is InChI=1S/C16H14F3N3S/c17-16(18,19)15-10(2-1-3-13(15)14(22)8-20)9-23-12-6-4-11(21)5-7-12/h1-7,9,14-15H,21-22H2. The maximum atomic E-state index is 13.4. The van der Waals surface area contributed by atoms with Crippen molar-refractivity contribution in [1.29, 1.82) is 5.26 Å². The van der Waals surface area contributed by atoms with Crippen molar-refractivity contribution in [2.75, 3.05) is 5.73 Å². The Morgan fingerprint density at radius 1 is 1.26 bits per heavy atom. The third-order valence-electron chi connectivity index (χ3n) is 3.28. The molecule has 0 spiro atoms. The van der Waals surface area contributed by atoms with E-state index in [9.17, 15) is 13.2 Å². The molecule has 120 valence electrons. The number of alkyl halides is 3. The van der Waals surface area contributed by atoms with Gasteiger partial charge in [0.05, 0.1) is 6.07 Å². The van der Waals surface area contributed by atoms with Gasteiger partial charge in [0, 0.05) is 10.6 Å². The van der Waals surface area contributed by atoms with Crippen molar-refractivity contribution in [2.24, 2.45) is 11.7 Å². The summed E-state index contributed by atoms with van der Waals surface area (Å²) in [5, 5.41) is 10.3. The molecule has 1 aliphatic rings. The number of nitrogens with two attached hydrogens (primary N) is 2. The van der Waals surface area contributed by atoms with Gasteiger partial charge in [0.15, 0.2) is 0 Å². The zero-order valence-electron chi connectivity index (χ0n) is 11.9. The quantitative estimate of drug-likeness (QED) is 0.650. The molecule has 2 unspecified atom stereocenters. The van der Waals surface area contributed by atoms with E-state index in [-0.39, 0.29) is 11.1 Å². The Hall–Kier alpha value is -2.17. The normalized spacial score (nSPS) is 20.9. The largest absolute Gasteiger partial charge is 0.399 e. The van der Waals surface area contributed by atoms with Crippen molar-refractivity contribution in [3.63, 3.8) is 0 Å². The number of nitriles is 1. The van der Waals surface area contributed by atoms with Gasteiger partial charge in [-0.15, -0.1) is 0 Å². The van der Waals surface area contributed by atoms with Crippen LogP contribution in [0, 0.1) is 17.2 Å². The lowest BCUT2D eigenvalue weighted by atomic mass is 9.84. The average Bonchev–Trinajstić information content (AvgIpc) is 2.52. The van der Waals surface area contributed by atoms with E-state index in [0.29, 0.717) is 5.69 Å². The van der Waals surface area contributed by atoms with E-state index >= 15 is 0 Å². The average molecular weight is 337 g/mol. The third kappa shape index (κ3) is 4.18. The summed E-state index contributed by atoms with van der Waals surface area (Å²) in [7, 11) is 0. The first-order valence-electron chi connectivity index (χ1n) is 6.65. The fraction of sp³-hybridized carbons (Fsp3) is 0.188. The van der Waals surface area contributed by atoms with Gasteiger partial charge in [0.1, 0.15) is 12.0 Å². The lowest BCUT2D eigenvalue weighted by Crippen LogP contribution is -2.35. The lowest BCUT2D eigenvalue weighted by molar-refractivity contribution is -0.154. The van der Waals surface area contributed by atoms with Gasteiger partial charge < -0.3 is 11.5 Å². The van der Waals surface area contributed by atoms with Crippen molar-refractivity contribution in [1.82, 2.24) is 0 Å². The number of hydrogen-bond acceptors (Lipinski definition) is 4. The van der Waals surface area contributed by atoms with Crippen molar-refractivity contribution >= 4 is 17.4 Å². The number of halogens is 3. The summed E-state index contributed by atoms with van der Waals surface area (Å²) in [6.07, 6.45) is -0.393. The number of benzene rings is 1. The third-order valence-corrected chi connectivity index (χ3v) is 4.22. The molecular formula is C16H14F3N3S. The highest BCUT2D eigenvalue weighted by Crippen LogP contribution is 2.42. The van der Waals surface area contributed by atoms with Crippen LogP contribution in [0.3, 0.4) is 0 Å². The predicted octanol–water partition coefficient (Wildman–Crippen LogP) is 3.77. The summed E-state index contributed by atoms with van der Waals surface area (Å²) in [4.78, 5) is 0.765. The Morgan fingerprint density at radius 2 is 1.91 bits per heavy atom. The van der Waals surface area contributed by atoms with E-state index in [0.717, 1.165) is 16.7 Å². The van der Waals surface area contributed by atoms with Crippen molar-refractivity contribution in [3.05, 3.63) is 59.0 Å². The van der Waals surface area contributed by atoms with Gasteiger partial charge in [-0.2, -0.15) is 18.4 Å². The highest BCUT2D eigenvalue weighted by molar-refractivity contribution is 8.02. The number of rotatable bonds is 3. The van der Waals surface area contributed by atoms with E-state index in [1.165, 1.54) is 23.6 Å². The van der Waals surface area contributed by atoms with Crippen LogP contribution in [0.1, 0.15) is 0 Å². The summed E-state index contributed by atoms with van der Waals surface area (Å²) < 4.78 is 40.2. The Kier molecular flexibility index (Phi) is 5.19. The number of anilines is 1. The monoisotopic (exact) mass is 337 g/mol. The Morgan fingerprint density at radius 3 is 2.48 bits per heavy atom. The minimum absolute atomic E-state index is 0.0579. The van der Waals surface area contributed by atoms with Crippen LogP contribution in [-0.2, 0) is 0 Å². The van der Waals surface area contributed by atoms with Crippen LogP contribution in [0.25, 0.3) is 0 Å². The summed E-state index contributed by atoms with van der Waals surface area (Å²) in [5.41, 5.74) is 11.6. The van der Waals surface area contributed by atoms with Crippen LogP contribution in [0.5, 0.6) is 0 Å². The molecular weight excluding hydrogens is 323 g/mol. The maximum absolute atomic E-state index is 13.4. The van der Waals surface area contributed by atoms with Crippen LogP contribution >= 0.6 is 11.8 Å². The summed E-state index contributed by atoms with van der Waals surface area (Å²) in [5.74, 6) is -1.87. The molecule has 1 aromatic rings. The second-order valence-corrected chi connectivity index (χ2v) is 5.85. The van der Waals surface area contributed by atoms with Gasteiger partial charge in [-0.3, -0.25) is 0 Å². The molecule has 0 aromatic heterocycles. The summed E-state index contributed by atoms with van der Waals surface area (Å²) in [6.45, 7) is 0. The highest BCUT2D eigenvalue weighted by atomic mass is 32.2. The molecule has 23 heavy (non-hydrogen) atoms. The van der Waals surface area contributed by atoms with Gasteiger partial charge in [0.25, 0.3) is 0 Å². The predicted molar refractivity (Wildman–Crippen MR) is 85.2 cm³/mol. The van der Waals surface area contributed by atoms with E-state index in [4.69, 9.17) is 16.7 Å². The van der Waals surface area contributed by atoms with E-state index in [1.807, 2.05) is 0 Å². The molecule has 4 N–H and O–H groups in total. The Bertz CT molecular complexity index is 697. The molecule has 3 nitrogen and oxygen atoms in total. The Labute approximate surface area is 136 Å². The van der Waals surface area contributed by atoms with Crippen LogP contribution < -0.4 is 11.5 Å². The van der Waals surface area contributed by atoms with Gasteiger partial charge in [-0.25, -0.2) is 0 Å². The number of hydrogen-bond donors (Lipinski definition) is 2. The molecule has 0 aliphatic heterocycles.